The minimum absolute atomic E-state index is 0.637. The molecule has 2 aromatic rings. The fraction of sp³-hybridized carbons (Fsp3) is 0.588. The molecule has 138 valence electrons. The maximum Gasteiger partial charge on any atom is 0.170 e. The summed E-state index contributed by atoms with van der Waals surface area (Å²) >= 11 is 5.34. The molecule has 0 aliphatic carbocycles. The Morgan fingerprint density at radius 1 is 1.12 bits per heavy atom. The highest BCUT2D eigenvalue weighted by Crippen LogP contribution is 2.07. The summed E-state index contributed by atoms with van der Waals surface area (Å²) in [5.74, 6) is 0. The smallest absolute Gasteiger partial charge is 0.170 e. The Hall–Kier alpha value is -1.93. The summed E-state index contributed by atoms with van der Waals surface area (Å²) in [5.41, 5.74) is 2.03. The Morgan fingerprint density at radius 2 is 1.88 bits per heavy atom. The van der Waals surface area contributed by atoms with Gasteiger partial charge in [-0.15, -0.1) is 0 Å². The Bertz CT molecular complexity index is 645. The van der Waals surface area contributed by atoms with E-state index in [1.807, 2.05) is 28.0 Å². The molecule has 0 radical (unpaired) electrons. The van der Waals surface area contributed by atoms with Gasteiger partial charge in [-0.2, -0.15) is 10.2 Å². The van der Waals surface area contributed by atoms with Crippen LogP contribution in [0.1, 0.15) is 32.8 Å². The summed E-state index contributed by atoms with van der Waals surface area (Å²) in [7, 11) is 0. The number of hydrogen-bond donors (Lipinski definition) is 2. The highest BCUT2D eigenvalue weighted by molar-refractivity contribution is 7.80. The van der Waals surface area contributed by atoms with Crippen molar-refractivity contribution in [1.82, 2.24) is 29.8 Å². The molecule has 0 aliphatic heterocycles. The molecule has 0 atom stereocenters. The SMILES string of the molecule is CCN(CC)CCCNC(=S)Nc1cnn(Cc2cnn(CC)c2)c1. The van der Waals surface area contributed by atoms with Crippen LogP contribution in [0.15, 0.2) is 24.8 Å². The number of hydrogen-bond acceptors (Lipinski definition) is 4. The first-order chi connectivity index (χ1) is 12.1. The number of nitrogens with zero attached hydrogens (tertiary/aromatic N) is 5. The standard InChI is InChI=1S/C17H29N7S/c1-4-22(5-2)9-7-8-18-17(25)21-16-11-20-24(14-16)13-15-10-19-23(6-3)12-15/h10-12,14H,4-9,13H2,1-3H3,(H2,18,21,25). The Morgan fingerprint density at radius 3 is 2.56 bits per heavy atom. The van der Waals surface area contributed by atoms with Crippen LogP contribution in [0, 0.1) is 0 Å². The average molecular weight is 364 g/mol. The Balaban J connectivity index is 1.72. The van der Waals surface area contributed by atoms with Gasteiger partial charge in [-0.3, -0.25) is 9.36 Å². The van der Waals surface area contributed by atoms with E-state index in [1.165, 1.54) is 0 Å². The molecule has 2 heterocycles. The first-order valence-corrected chi connectivity index (χ1v) is 9.36. The van der Waals surface area contributed by atoms with E-state index >= 15 is 0 Å². The van der Waals surface area contributed by atoms with Crippen molar-refractivity contribution >= 4 is 23.0 Å². The molecule has 2 rings (SSSR count). The van der Waals surface area contributed by atoms with Crippen molar-refractivity contribution in [2.24, 2.45) is 0 Å². The van der Waals surface area contributed by atoms with Gasteiger partial charge in [0.1, 0.15) is 0 Å². The predicted molar refractivity (Wildman–Crippen MR) is 106 cm³/mol. The van der Waals surface area contributed by atoms with Gasteiger partial charge in [0.25, 0.3) is 0 Å². The second kappa shape index (κ2) is 10.1. The lowest BCUT2D eigenvalue weighted by Crippen LogP contribution is -2.32. The molecule has 25 heavy (non-hydrogen) atoms. The topological polar surface area (TPSA) is 62.9 Å². The summed E-state index contributed by atoms with van der Waals surface area (Å²) in [5, 5.41) is 15.7. The maximum absolute atomic E-state index is 5.34. The maximum atomic E-state index is 5.34. The molecule has 0 amide bonds. The first kappa shape index (κ1) is 19.4. The van der Waals surface area contributed by atoms with Gasteiger partial charge in [0.05, 0.1) is 24.6 Å². The fourth-order valence-corrected chi connectivity index (χ4v) is 2.80. The zero-order valence-corrected chi connectivity index (χ0v) is 16.2. The van der Waals surface area contributed by atoms with Crippen LogP contribution in [-0.4, -0.2) is 55.8 Å². The lowest BCUT2D eigenvalue weighted by atomic mass is 10.3. The van der Waals surface area contributed by atoms with Crippen LogP contribution in [0.4, 0.5) is 5.69 Å². The second-order valence-electron chi connectivity index (χ2n) is 5.89. The van der Waals surface area contributed by atoms with Gasteiger partial charge < -0.3 is 15.5 Å². The van der Waals surface area contributed by atoms with E-state index in [9.17, 15) is 0 Å². The molecule has 0 aromatic carbocycles. The molecule has 8 heteroatoms. The van der Waals surface area contributed by atoms with E-state index in [2.05, 4.69) is 46.5 Å². The van der Waals surface area contributed by atoms with Crippen LogP contribution in [0.5, 0.6) is 0 Å². The Labute approximate surface area is 155 Å². The van der Waals surface area contributed by atoms with Gasteiger partial charge >= 0.3 is 0 Å². The van der Waals surface area contributed by atoms with E-state index in [0.29, 0.717) is 11.7 Å². The molecular formula is C17H29N7S. The van der Waals surface area contributed by atoms with Crippen molar-refractivity contribution in [3.8, 4) is 0 Å². The van der Waals surface area contributed by atoms with E-state index in [-0.39, 0.29) is 0 Å². The molecule has 7 nitrogen and oxygen atoms in total. The largest absolute Gasteiger partial charge is 0.362 e. The molecule has 2 aromatic heterocycles. The van der Waals surface area contributed by atoms with Crippen LogP contribution >= 0.6 is 12.2 Å². The molecular weight excluding hydrogens is 334 g/mol. The zero-order valence-electron chi connectivity index (χ0n) is 15.4. The van der Waals surface area contributed by atoms with Crippen molar-refractivity contribution in [3.05, 3.63) is 30.4 Å². The van der Waals surface area contributed by atoms with Gasteiger partial charge in [0.15, 0.2) is 5.11 Å². The van der Waals surface area contributed by atoms with Gasteiger partial charge in [0, 0.05) is 31.0 Å². The lowest BCUT2D eigenvalue weighted by Gasteiger charge is -2.18. The van der Waals surface area contributed by atoms with Crippen molar-refractivity contribution < 1.29 is 0 Å². The quantitative estimate of drug-likeness (QED) is 0.498. The van der Waals surface area contributed by atoms with Crippen molar-refractivity contribution in [3.63, 3.8) is 0 Å². The van der Waals surface area contributed by atoms with E-state index < -0.39 is 0 Å². The highest BCUT2D eigenvalue weighted by Gasteiger charge is 2.04. The normalized spacial score (nSPS) is 11.0. The van der Waals surface area contributed by atoms with Crippen molar-refractivity contribution in [2.75, 3.05) is 31.5 Å². The highest BCUT2D eigenvalue weighted by atomic mass is 32.1. The van der Waals surface area contributed by atoms with Crippen LogP contribution in [0.2, 0.25) is 0 Å². The summed E-state index contributed by atoms with van der Waals surface area (Å²) in [6, 6.07) is 0. The van der Waals surface area contributed by atoms with Crippen molar-refractivity contribution in [1.29, 1.82) is 0 Å². The lowest BCUT2D eigenvalue weighted by molar-refractivity contribution is 0.300. The molecule has 0 unspecified atom stereocenters. The van der Waals surface area contributed by atoms with Gasteiger partial charge in [-0.05, 0) is 45.2 Å². The molecule has 0 saturated heterocycles. The average Bonchev–Trinajstić information content (AvgIpc) is 3.24. The first-order valence-electron chi connectivity index (χ1n) is 8.95. The number of aromatic nitrogens is 4. The molecule has 0 fully saturated rings. The summed E-state index contributed by atoms with van der Waals surface area (Å²) in [6.07, 6.45) is 8.72. The number of anilines is 1. The zero-order chi connectivity index (χ0) is 18.1. The monoisotopic (exact) mass is 363 g/mol. The molecule has 2 N–H and O–H groups in total. The van der Waals surface area contributed by atoms with Crippen LogP contribution in [-0.2, 0) is 13.1 Å². The number of aryl methyl sites for hydroxylation is 1. The third-order valence-corrected chi connectivity index (χ3v) is 4.32. The molecule has 0 bridgehead atoms. The predicted octanol–water partition coefficient (Wildman–Crippen LogP) is 2.17. The van der Waals surface area contributed by atoms with Crippen LogP contribution < -0.4 is 10.6 Å². The molecule has 0 aliphatic rings. The number of rotatable bonds is 10. The summed E-state index contributed by atoms with van der Waals surface area (Å²) in [6.45, 7) is 12.2. The van der Waals surface area contributed by atoms with Gasteiger partial charge in [0.2, 0.25) is 0 Å². The van der Waals surface area contributed by atoms with Gasteiger partial charge in [-0.1, -0.05) is 13.8 Å². The summed E-state index contributed by atoms with van der Waals surface area (Å²) in [4.78, 5) is 2.41. The fourth-order valence-electron chi connectivity index (χ4n) is 2.58. The second-order valence-corrected chi connectivity index (χ2v) is 6.30. The number of nitrogens with one attached hydrogen (secondary N) is 2. The van der Waals surface area contributed by atoms with Crippen LogP contribution in [0.3, 0.4) is 0 Å². The Kier molecular flexibility index (Phi) is 7.87. The minimum atomic E-state index is 0.637. The van der Waals surface area contributed by atoms with E-state index in [1.54, 1.807) is 6.20 Å². The third-order valence-electron chi connectivity index (χ3n) is 4.08. The van der Waals surface area contributed by atoms with Gasteiger partial charge in [-0.25, -0.2) is 0 Å². The van der Waals surface area contributed by atoms with E-state index in [0.717, 1.165) is 50.4 Å². The summed E-state index contributed by atoms with van der Waals surface area (Å²) < 4.78 is 3.79. The molecule has 0 spiro atoms. The third kappa shape index (κ3) is 6.47. The number of thiocarbonyl (C=S) groups is 1. The molecule has 0 saturated carbocycles. The van der Waals surface area contributed by atoms with Crippen molar-refractivity contribution in [2.45, 2.75) is 40.3 Å². The minimum Gasteiger partial charge on any atom is -0.362 e. The van der Waals surface area contributed by atoms with Crippen LogP contribution in [0.25, 0.3) is 0 Å². The van der Waals surface area contributed by atoms with E-state index in [4.69, 9.17) is 12.2 Å².